The smallest absolute Gasteiger partial charge is 0.232 e. The van der Waals surface area contributed by atoms with E-state index in [4.69, 9.17) is 4.74 Å². The second-order valence-corrected chi connectivity index (χ2v) is 6.45. The highest BCUT2D eigenvalue weighted by Gasteiger charge is 2.26. The minimum Gasteiger partial charge on any atom is -0.481 e. The maximum atomic E-state index is 12.5. The number of methoxy groups -OCH3 is 1. The lowest BCUT2D eigenvalue weighted by Gasteiger charge is -2.08. The van der Waals surface area contributed by atoms with E-state index in [1.54, 1.807) is 30.3 Å². The van der Waals surface area contributed by atoms with Gasteiger partial charge >= 0.3 is 0 Å². The van der Waals surface area contributed by atoms with Crippen LogP contribution in [0.2, 0.25) is 0 Å². The topological polar surface area (TPSA) is 97.7 Å². The molecule has 0 saturated heterocycles. The summed E-state index contributed by atoms with van der Waals surface area (Å²) in [5.74, 6) is 1.78. The lowest BCUT2D eigenvalue weighted by molar-refractivity contribution is -0.117. The third-order valence-corrected chi connectivity index (χ3v) is 4.51. The number of H-pyrrole nitrogens is 1. The summed E-state index contributed by atoms with van der Waals surface area (Å²) in [6.45, 7) is 1.84. The normalized spacial score (nSPS) is 14.8. The number of ether oxygens (including phenoxy) is 1. The van der Waals surface area contributed by atoms with Crippen LogP contribution in [0.3, 0.4) is 0 Å². The third kappa shape index (κ3) is 3.30. The first-order valence-electron chi connectivity index (χ1n) is 8.56. The fourth-order valence-electron chi connectivity index (χ4n) is 2.72. The molecule has 0 radical (unpaired) electrons. The maximum Gasteiger partial charge on any atom is 0.232 e. The Morgan fingerprint density at radius 2 is 2.27 bits per heavy atom. The predicted octanol–water partition coefficient (Wildman–Crippen LogP) is 2.62. The van der Waals surface area contributed by atoms with Crippen molar-refractivity contribution in [3.05, 3.63) is 47.9 Å². The number of pyridine rings is 1. The van der Waals surface area contributed by atoms with Gasteiger partial charge in [-0.3, -0.25) is 9.89 Å². The molecule has 8 heteroatoms. The highest BCUT2D eigenvalue weighted by atomic mass is 16.5. The van der Waals surface area contributed by atoms with Gasteiger partial charge in [0.25, 0.3) is 0 Å². The second kappa shape index (κ2) is 6.62. The van der Waals surface area contributed by atoms with Gasteiger partial charge < -0.3 is 10.1 Å². The lowest BCUT2D eigenvalue weighted by atomic mass is 10.0. The average Bonchev–Trinajstić information content (AvgIpc) is 3.21. The monoisotopic (exact) mass is 352 g/mol. The molecule has 8 nitrogen and oxygen atoms in total. The van der Waals surface area contributed by atoms with Gasteiger partial charge in [0.1, 0.15) is 0 Å². The van der Waals surface area contributed by atoms with Gasteiger partial charge in [-0.1, -0.05) is 6.07 Å². The quantitative estimate of drug-likeness (QED) is 0.711. The SMILES string of the molecule is COc1cccc(-n2cc([C@@H](C)C(=O)Nc3cc(C4CC4)[nH]n3)cn2)n1. The zero-order chi connectivity index (χ0) is 18.1. The zero-order valence-electron chi connectivity index (χ0n) is 14.6. The molecule has 0 aromatic carbocycles. The average molecular weight is 352 g/mol. The van der Waals surface area contributed by atoms with Crippen LogP contribution < -0.4 is 10.1 Å². The van der Waals surface area contributed by atoms with Crippen molar-refractivity contribution < 1.29 is 9.53 Å². The molecule has 1 fully saturated rings. The minimum atomic E-state index is -0.365. The standard InChI is InChI=1S/C18H20N6O2/c1-11(18(25)20-15-8-14(22-23-15)12-6-7-12)13-9-19-24(10-13)16-4-3-5-17(21-16)26-2/h3-5,8-12H,6-7H2,1-2H3,(H2,20,22,23,25)/t11-/m1/s1. The molecule has 2 N–H and O–H groups in total. The van der Waals surface area contributed by atoms with Crippen molar-refractivity contribution in [2.45, 2.75) is 31.6 Å². The van der Waals surface area contributed by atoms with Crippen LogP contribution in [-0.2, 0) is 4.79 Å². The zero-order valence-corrected chi connectivity index (χ0v) is 14.6. The molecule has 0 aliphatic heterocycles. The molecule has 3 heterocycles. The Labute approximate surface area is 150 Å². The molecule has 1 aliphatic carbocycles. The van der Waals surface area contributed by atoms with Crippen molar-refractivity contribution in [2.75, 3.05) is 12.4 Å². The lowest BCUT2D eigenvalue weighted by Crippen LogP contribution is -2.18. The van der Waals surface area contributed by atoms with Crippen LogP contribution >= 0.6 is 0 Å². The summed E-state index contributed by atoms with van der Waals surface area (Å²) in [6, 6.07) is 7.34. The van der Waals surface area contributed by atoms with Gasteiger partial charge in [0.15, 0.2) is 11.6 Å². The number of amides is 1. The van der Waals surface area contributed by atoms with Crippen molar-refractivity contribution in [3.8, 4) is 11.7 Å². The molecule has 4 rings (SSSR count). The molecule has 0 bridgehead atoms. The molecule has 26 heavy (non-hydrogen) atoms. The number of hydrogen-bond donors (Lipinski definition) is 2. The molecule has 1 atom stereocenters. The van der Waals surface area contributed by atoms with Gasteiger partial charge in [-0.05, 0) is 25.8 Å². The van der Waals surface area contributed by atoms with Crippen LogP contribution in [0.15, 0.2) is 36.7 Å². The summed E-state index contributed by atoms with van der Waals surface area (Å²) < 4.78 is 6.76. The van der Waals surface area contributed by atoms with Gasteiger partial charge in [0.05, 0.1) is 19.2 Å². The Balaban J connectivity index is 1.46. The number of carbonyl (C=O) groups excluding carboxylic acids is 1. The van der Waals surface area contributed by atoms with Crippen molar-refractivity contribution in [1.29, 1.82) is 0 Å². The summed E-state index contributed by atoms with van der Waals surface area (Å²) in [5.41, 5.74) is 1.88. The maximum absolute atomic E-state index is 12.5. The van der Waals surface area contributed by atoms with E-state index in [-0.39, 0.29) is 11.8 Å². The largest absolute Gasteiger partial charge is 0.481 e. The van der Waals surface area contributed by atoms with Crippen LogP contribution in [0.25, 0.3) is 5.82 Å². The fraction of sp³-hybridized carbons (Fsp3) is 0.333. The molecule has 0 spiro atoms. The van der Waals surface area contributed by atoms with E-state index < -0.39 is 0 Å². The molecular formula is C18H20N6O2. The fourth-order valence-corrected chi connectivity index (χ4v) is 2.72. The highest BCUT2D eigenvalue weighted by molar-refractivity contribution is 5.94. The van der Waals surface area contributed by atoms with E-state index in [9.17, 15) is 4.79 Å². The Bertz CT molecular complexity index is 927. The van der Waals surface area contributed by atoms with Crippen LogP contribution in [0, 0.1) is 0 Å². The molecule has 0 unspecified atom stereocenters. The van der Waals surface area contributed by atoms with Crippen molar-refractivity contribution in [1.82, 2.24) is 25.0 Å². The Hall–Kier alpha value is -3.16. The number of nitrogens with zero attached hydrogens (tertiary/aromatic N) is 4. The van der Waals surface area contributed by atoms with Crippen LogP contribution in [0.1, 0.15) is 42.9 Å². The first-order chi connectivity index (χ1) is 12.6. The highest BCUT2D eigenvalue weighted by Crippen LogP contribution is 2.39. The number of aromatic nitrogens is 5. The van der Waals surface area contributed by atoms with E-state index in [1.807, 2.05) is 25.1 Å². The van der Waals surface area contributed by atoms with Gasteiger partial charge in [-0.2, -0.15) is 15.2 Å². The molecule has 1 aliphatic rings. The minimum absolute atomic E-state index is 0.128. The van der Waals surface area contributed by atoms with Crippen LogP contribution in [-0.4, -0.2) is 38.0 Å². The first kappa shape index (κ1) is 16.3. The number of carbonyl (C=O) groups is 1. The van der Waals surface area contributed by atoms with E-state index in [2.05, 4.69) is 25.6 Å². The van der Waals surface area contributed by atoms with Gasteiger partial charge in [0.2, 0.25) is 11.8 Å². The van der Waals surface area contributed by atoms with Crippen LogP contribution in [0.5, 0.6) is 5.88 Å². The molecule has 1 amide bonds. The van der Waals surface area contributed by atoms with Crippen LogP contribution in [0.4, 0.5) is 5.82 Å². The van der Waals surface area contributed by atoms with Crippen molar-refractivity contribution in [2.24, 2.45) is 0 Å². The molecule has 3 aromatic heterocycles. The summed E-state index contributed by atoms with van der Waals surface area (Å²) in [5, 5.41) is 14.3. The van der Waals surface area contributed by atoms with E-state index in [0.29, 0.717) is 23.4 Å². The number of nitrogens with one attached hydrogen (secondary N) is 2. The van der Waals surface area contributed by atoms with E-state index in [1.165, 1.54) is 12.8 Å². The van der Waals surface area contributed by atoms with Gasteiger partial charge in [0, 0.05) is 35.5 Å². The van der Waals surface area contributed by atoms with Gasteiger partial charge in [-0.25, -0.2) is 4.68 Å². The molecule has 3 aromatic rings. The summed E-state index contributed by atoms with van der Waals surface area (Å²) in [6.07, 6.45) is 5.84. The Morgan fingerprint density at radius 1 is 1.42 bits per heavy atom. The molecular weight excluding hydrogens is 332 g/mol. The second-order valence-electron chi connectivity index (χ2n) is 6.45. The Kier molecular flexibility index (Phi) is 4.16. The Morgan fingerprint density at radius 3 is 3.04 bits per heavy atom. The molecule has 134 valence electrons. The number of aromatic amines is 1. The summed E-state index contributed by atoms with van der Waals surface area (Å²) >= 11 is 0. The number of rotatable bonds is 6. The predicted molar refractivity (Wildman–Crippen MR) is 95.5 cm³/mol. The van der Waals surface area contributed by atoms with E-state index >= 15 is 0 Å². The first-order valence-corrected chi connectivity index (χ1v) is 8.56. The number of anilines is 1. The summed E-state index contributed by atoms with van der Waals surface area (Å²) in [4.78, 5) is 16.9. The summed E-state index contributed by atoms with van der Waals surface area (Å²) in [7, 11) is 1.57. The molecule has 1 saturated carbocycles. The van der Waals surface area contributed by atoms with Crippen molar-refractivity contribution >= 4 is 11.7 Å². The van der Waals surface area contributed by atoms with Gasteiger partial charge in [-0.15, -0.1) is 0 Å². The van der Waals surface area contributed by atoms with Crippen molar-refractivity contribution in [3.63, 3.8) is 0 Å². The number of hydrogen-bond acceptors (Lipinski definition) is 5. The van der Waals surface area contributed by atoms with E-state index in [0.717, 1.165) is 11.3 Å². The third-order valence-electron chi connectivity index (χ3n) is 4.51.